The van der Waals surface area contributed by atoms with Crippen molar-refractivity contribution < 1.29 is 0 Å². The molecule has 0 aromatic heterocycles. The van der Waals surface area contributed by atoms with Crippen LogP contribution in [0.3, 0.4) is 0 Å². The van der Waals surface area contributed by atoms with Crippen molar-refractivity contribution in [3.8, 4) is 0 Å². The second-order valence-electron chi connectivity index (χ2n) is 4.93. The Morgan fingerprint density at radius 3 is 2.00 bits per heavy atom. The Morgan fingerprint density at radius 2 is 1.50 bits per heavy atom. The lowest BCUT2D eigenvalue weighted by Crippen LogP contribution is -2.32. The zero-order valence-electron chi connectivity index (χ0n) is 9.90. The van der Waals surface area contributed by atoms with Gasteiger partial charge in [0.25, 0.3) is 0 Å². The summed E-state index contributed by atoms with van der Waals surface area (Å²) in [6.45, 7) is 6.72. The molecule has 0 saturated heterocycles. The number of rotatable bonds is 1. The summed E-state index contributed by atoms with van der Waals surface area (Å²) in [5.74, 6) is 0. The summed E-state index contributed by atoms with van der Waals surface area (Å²) in [5, 5.41) is 2.88. The van der Waals surface area contributed by atoms with Crippen LogP contribution in [-0.4, -0.2) is 10.9 Å². The molecule has 0 fully saturated rings. The van der Waals surface area contributed by atoms with Crippen molar-refractivity contribution in [3.05, 3.63) is 47.5 Å². The molecule has 0 aliphatic carbocycles. The summed E-state index contributed by atoms with van der Waals surface area (Å²) >= 11 is 0. The van der Waals surface area contributed by atoms with Gasteiger partial charge in [-0.1, -0.05) is 36.4 Å². The van der Waals surface area contributed by atoms with E-state index in [4.69, 9.17) is 0 Å². The van der Waals surface area contributed by atoms with E-state index in [2.05, 4.69) is 55.1 Å². The lowest BCUT2D eigenvalue weighted by atomic mass is 9.95. The van der Waals surface area contributed by atoms with E-state index in [1.807, 2.05) is 0 Å². The van der Waals surface area contributed by atoms with E-state index in [-0.39, 0.29) is 0 Å². The van der Waals surface area contributed by atoms with Gasteiger partial charge in [0.1, 0.15) is 0 Å². The first-order valence-corrected chi connectivity index (χ1v) is 5.99. The highest BCUT2D eigenvalue weighted by atomic mass is 15.1. The number of benzene rings is 2. The Kier molecular flexibility index (Phi) is 2.22. The summed E-state index contributed by atoms with van der Waals surface area (Å²) in [6, 6.07) is 13.9. The summed E-state index contributed by atoms with van der Waals surface area (Å²) < 4.78 is 0. The first kappa shape index (κ1) is 9.86. The standard InChI is InChI=1S/C15H17N/c1-11(2)16-9-13-7-3-5-12-6-4-8-14(10-16)15(12)13/h3-8,11H,9-10H2,1-2H3. The zero-order valence-corrected chi connectivity index (χ0v) is 9.90. The van der Waals surface area contributed by atoms with Gasteiger partial charge in [0, 0.05) is 19.1 Å². The fourth-order valence-corrected chi connectivity index (χ4v) is 2.62. The molecule has 2 aromatic carbocycles. The first-order valence-electron chi connectivity index (χ1n) is 5.99. The third-order valence-electron chi connectivity index (χ3n) is 3.55. The molecule has 16 heavy (non-hydrogen) atoms. The Morgan fingerprint density at radius 1 is 0.938 bits per heavy atom. The van der Waals surface area contributed by atoms with Crippen LogP contribution < -0.4 is 0 Å². The van der Waals surface area contributed by atoms with Gasteiger partial charge in [-0.2, -0.15) is 0 Å². The Hall–Kier alpha value is -1.34. The van der Waals surface area contributed by atoms with Crippen LogP contribution in [0.2, 0.25) is 0 Å². The average Bonchev–Trinajstić information content (AvgIpc) is 2.29. The predicted molar refractivity (Wildman–Crippen MR) is 68.3 cm³/mol. The van der Waals surface area contributed by atoms with Gasteiger partial charge in [0.15, 0.2) is 0 Å². The van der Waals surface area contributed by atoms with Crippen LogP contribution in [0.25, 0.3) is 10.8 Å². The molecule has 0 unspecified atom stereocenters. The molecule has 0 radical (unpaired) electrons. The van der Waals surface area contributed by atoms with E-state index in [1.54, 1.807) is 0 Å². The molecule has 0 amide bonds. The third-order valence-corrected chi connectivity index (χ3v) is 3.55. The van der Waals surface area contributed by atoms with Gasteiger partial charge >= 0.3 is 0 Å². The Balaban J connectivity index is 2.20. The normalized spacial score (nSPS) is 15.9. The van der Waals surface area contributed by atoms with Crippen LogP contribution in [0.1, 0.15) is 25.0 Å². The highest BCUT2D eigenvalue weighted by molar-refractivity contribution is 5.89. The maximum atomic E-state index is 2.52. The van der Waals surface area contributed by atoms with Crippen molar-refractivity contribution in [2.75, 3.05) is 0 Å². The molecule has 1 nitrogen and oxygen atoms in total. The van der Waals surface area contributed by atoms with E-state index in [1.165, 1.54) is 21.9 Å². The van der Waals surface area contributed by atoms with Crippen molar-refractivity contribution in [3.63, 3.8) is 0 Å². The molecule has 0 N–H and O–H groups in total. The molecule has 0 bridgehead atoms. The molecule has 0 saturated carbocycles. The minimum atomic E-state index is 0.614. The Labute approximate surface area is 96.7 Å². The second kappa shape index (κ2) is 3.60. The lowest BCUT2D eigenvalue weighted by molar-refractivity contribution is 0.200. The highest BCUT2D eigenvalue weighted by Crippen LogP contribution is 2.30. The molecule has 1 heteroatoms. The molecule has 0 atom stereocenters. The molecular formula is C15H17N. The van der Waals surface area contributed by atoms with Crippen molar-refractivity contribution in [2.45, 2.75) is 33.0 Å². The van der Waals surface area contributed by atoms with Gasteiger partial charge in [-0.15, -0.1) is 0 Å². The largest absolute Gasteiger partial charge is 0.292 e. The van der Waals surface area contributed by atoms with E-state index >= 15 is 0 Å². The molecule has 0 spiro atoms. The van der Waals surface area contributed by atoms with Crippen molar-refractivity contribution in [2.24, 2.45) is 0 Å². The summed E-state index contributed by atoms with van der Waals surface area (Å²) in [6.07, 6.45) is 0. The fraction of sp³-hybridized carbons (Fsp3) is 0.333. The van der Waals surface area contributed by atoms with Gasteiger partial charge in [-0.3, -0.25) is 4.90 Å². The van der Waals surface area contributed by atoms with Crippen LogP contribution in [0.4, 0.5) is 0 Å². The van der Waals surface area contributed by atoms with Crippen LogP contribution >= 0.6 is 0 Å². The predicted octanol–water partition coefficient (Wildman–Crippen LogP) is 3.56. The monoisotopic (exact) mass is 211 g/mol. The minimum Gasteiger partial charge on any atom is -0.292 e. The molecule has 82 valence electrons. The molecule has 1 aliphatic rings. The number of nitrogens with zero attached hydrogens (tertiary/aromatic N) is 1. The Bertz CT molecular complexity index is 487. The van der Waals surface area contributed by atoms with E-state index in [9.17, 15) is 0 Å². The molecule has 3 rings (SSSR count). The van der Waals surface area contributed by atoms with Gasteiger partial charge in [-0.05, 0) is 35.7 Å². The summed E-state index contributed by atoms with van der Waals surface area (Å²) in [5.41, 5.74) is 2.96. The first-order chi connectivity index (χ1) is 7.75. The summed E-state index contributed by atoms with van der Waals surface area (Å²) in [4.78, 5) is 2.52. The van der Waals surface area contributed by atoms with Crippen molar-refractivity contribution in [1.29, 1.82) is 0 Å². The third kappa shape index (κ3) is 1.43. The minimum absolute atomic E-state index is 0.614. The van der Waals surface area contributed by atoms with Crippen molar-refractivity contribution in [1.82, 2.24) is 4.90 Å². The number of hydrogen-bond donors (Lipinski definition) is 0. The quantitative estimate of drug-likeness (QED) is 0.697. The smallest absolute Gasteiger partial charge is 0.0246 e. The fourth-order valence-electron chi connectivity index (χ4n) is 2.62. The molecular weight excluding hydrogens is 194 g/mol. The van der Waals surface area contributed by atoms with E-state index < -0.39 is 0 Å². The molecule has 1 aliphatic heterocycles. The SMILES string of the molecule is CC(C)N1Cc2cccc3cccc(c23)C1. The van der Waals surface area contributed by atoms with Crippen LogP contribution in [-0.2, 0) is 13.1 Å². The zero-order chi connectivity index (χ0) is 11.1. The summed E-state index contributed by atoms with van der Waals surface area (Å²) in [7, 11) is 0. The van der Waals surface area contributed by atoms with Gasteiger partial charge in [0.05, 0.1) is 0 Å². The van der Waals surface area contributed by atoms with Crippen LogP contribution in [0.5, 0.6) is 0 Å². The van der Waals surface area contributed by atoms with Crippen LogP contribution in [0.15, 0.2) is 36.4 Å². The topological polar surface area (TPSA) is 3.24 Å². The lowest BCUT2D eigenvalue weighted by Gasteiger charge is -2.32. The van der Waals surface area contributed by atoms with E-state index in [0.717, 1.165) is 13.1 Å². The average molecular weight is 211 g/mol. The maximum Gasteiger partial charge on any atom is 0.0246 e. The maximum absolute atomic E-state index is 2.52. The van der Waals surface area contributed by atoms with Crippen molar-refractivity contribution >= 4 is 10.8 Å². The highest BCUT2D eigenvalue weighted by Gasteiger charge is 2.19. The number of hydrogen-bond acceptors (Lipinski definition) is 1. The van der Waals surface area contributed by atoms with Gasteiger partial charge in [-0.25, -0.2) is 0 Å². The molecule has 2 aromatic rings. The van der Waals surface area contributed by atoms with Gasteiger partial charge in [0.2, 0.25) is 0 Å². The molecule has 1 heterocycles. The second-order valence-corrected chi connectivity index (χ2v) is 4.93. The van der Waals surface area contributed by atoms with Gasteiger partial charge < -0.3 is 0 Å². The van der Waals surface area contributed by atoms with E-state index in [0.29, 0.717) is 6.04 Å². The van der Waals surface area contributed by atoms with Crippen LogP contribution in [0, 0.1) is 0 Å².